The highest BCUT2D eigenvalue weighted by atomic mass is 16.7. The van der Waals surface area contributed by atoms with Gasteiger partial charge in [0.1, 0.15) is 0 Å². The molecule has 3 aliphatic rings. The number of carbonyl (C=O) groups is 1. The molecule has 0 bridgehead atoms. The largest absolute Gasteiger partial charge is 0.469 e. The minimum Gasteiger partial charge on any atom is -0.469 e. The molecular formula is C14H20O4. The zero-order chi connectivity index (χ0) is 12.6. The fourth-order valence-electron chi connectivity index (χ4n) is 3.53. The summed E-state index contributed by atoms with van der Waals surface area (Å²) in [6.45, 7) is 1.27. The Morgan fingerprint density at radius 2 is 2.00 bits per heavy atom. The molecule has 1 fully saturated rings. The summed E-state index contributed by atoms with van der Waals surface area (Å²) in [5.41, 5.74) is 2.68. The third-order valence-electron chi connectivity index (χ3n) is 4.35. The van der Waals surface area contributed by atoms with Crippen LogP contribution in [0.5, 0.6) is 0 Å². The Balaban J connectivity index is 1.92. The maximum Gasteiger partial charge on any atom is 0.313 e. The summed E-state index contributed by atoms with van der Waals surface area (Å²) in [7, 11) is 1.46. The van der Waals surface area contributed by atoms with Gasteiger partial charge in [0.15, 0.2) is 5.79 Å². The molecule has 2 aliphatic carbocycles. The van der Waals surface area contributed by atoms with Crippen LogP contribution in [0.2, 0.25) is 0 Å². The van der Waals surface area contributed by atoms with Crippen LogP contribution >= 0.6 is 0 Å². The maximum atomic E-state index is 12.0. The molecule has 3 rings (SSSR count). The molecule has 4 nitrogen and oxygen atoms in total. The molecule has 0 unspecified atom stereocenters. The lowest BCUT2D eigenvalue weighted by Gasteiger charge is -2.40. The van der Waals surface area contributed by atoms with Crippen LogP contribution in [0.4, 0.5) is 0 Å². The number of hydrogen-bond acceptors (Lipinski definition) is 4. The van der Waals surface area contributed by atoms with Crippen molar-refractivity contribution in [1.82, 2.24) is 0 Å². The summed E-state index contributed by atoms with van der Waals surface area (Å²) in [6, 6.07) is 0. The molecule has 1 saturated heterocycles. The number of rotatable bonds is 1. The van der Waals surface area contributed by atoms with Crippen molar-refractivity contribution in [3.05, 3.63) is 11.1 Å². The first-order valence-corrected chi connectivity index (χ1v) is 6.81. The van der Waals surface area contributed by atoms with E-state index < -0.39 is 5.79 Å². The van der Waals surface area contributed by atoms with E-state index >= 15 is 0 Å². The molecule has 0 aromatic rings. The molecule has 1 aliphatic heterocycles. The molecular weight excluding hydrogens is 232 g/mol. The van der Waals surface area contributed by atoms with Crippen LogP contribution < -0.4 is 0 Å². The second-order valence-corrected chi connectivity index (χ2v) is 5.40. The van der Waals surface area contributed by atoms with Crippen LogP contribution in [0.1, 0.15) is 38.5 Å². The van der Waals surface area contributed by atoms with Crippen molar-refractivity contribution in [2.24, 2.45) is 5.92 Å². The van der Waals surface area contributed by atoms with Crippen molar-refractivity contribution < 1.29 is 19.0 Å². The molecule has 100 valence electrons. The topological polar surface area (TPSA) is 44.8 Å². The van der Waals surface area contributed by atoms with Gasteiger partial charge >= 0.3 is 5.97 Å². The van der Waals surface area contributed by atoms with Crippen LogP contribution in [0, 0.1) is 5.92 Å². The summed E-state index contributed by atoms with van der Waals surface area (Å²) < 4.78 is 16.5. The average Bonchev–Trinajstić information content (AvgIpc) is 2.85. The number of ether oxygens (including phenoxy) is 3. The SMILES string of the molecule is COC(=O)[C@H]1CC2(CC3=C1CCCC3)OCCO2. The van der Waals surface area contributed by atoms with Crippen LogP contribution in [-0.4, -0.2) is 32.1 Å². The zero-order valence-electron chi connectivity index (χ0n) is 10.9. The number of esters is 1. The van der Waals surface area contributed by atoms with E-state index in [0.29, 0.717) is 19.6 Å². The highest BCUT2D eigenvalue weighted by Gasteiger charge is 2.47. The van der Waals surface area contributed by atoms with Crippen LogP contribution in [0.25, 0.3) is 0 Å². The lowest BCUT2D eigenvalue weighted by molar-refractivity contribution is -0.180. The Bertz CT molecular complexity index is 379. The van der Waals surface area contributed by atoms with Crippen molar-refractivity contribution in [3.8, 4) is 0 Å². The predicted molar refractivity (Wildman–Crippen MR) is 64.9 cm³/mol. The van der Waals surface area contributed by atoms with E-state index in [2.05, 4.69) is 0 Å². The first-order valence-electron chi connectivity index (χ1n) is 6.81. The van der Waals surface area contributed by atoms with Gasteiger partial charge < -0.3 is 14.2 Å². The molecule has 0 aromatic heterocycles. The fourth-order valence-corrected chi connectivity index (χ4v) is 3.53. The second kappa shape index (κ2) is 4.67. The van der Waals surface area contributed by atoms with Crippen LogP contribution in [0.15, 0.2) is 11.1 Å². The molecule has 1 heterocycles. The standard InChI is InChI=1S/C14H20O4/c1-16-13(15)12-9-14(17-6-7-18-14)8-10-4-2-3-5-11(10)12/h12H,2-9H2,1H3/t12-/m0/s1. The third-order valence-corrected chi connectivity index (χ3v) is 4.35. The minimum atomic E-state index is -0.547. The maximum absolute atomic E-state index is 12.0. The van der Waals surface area contributed by atoms with Crippen LogP contribution in [0.3, 0.4) is 0 Å². The first-order chi connectivity index (χ1) is 8.74. The summed E-state index contributed by atoms with van der Waals surface area (Å²) in [5.74, 6) is -0.839. The van der Waals surface area contributed by atoms with E-state index in [-0.39, 0.29) is 11.9 Å². The highest BCUT2D eigenvalue weighted by Crippen LogP contribution is 2.47. The number of hydrogen-bond donors (Lipinski definition) is 0. The van der Waals surface area contributed by atoms with E-state index in [1.807, 2.05) is 0 Å². The molecule has 1 atom stereocenters. The smallest absolute Gasteiger partial charge is 0.313 e. The van der Waals surface area contributed by atoms with Crippen molar-refractivity contribution in [1.29, 1.82) is 0 Å². The zero-order valence-corrected chi connectivity index (χ0v) is 10.9. The van der Waals surface area contributed by atoms with Crippen molar-refractivity contribution in [2.75, 3.05) is 20.3 Å². The predicted octanol–water partition coefficient (Wildman–Crippen LogP) is 2.18. The van der Waals surface area contributed by atoms with Gasteiger partial charge in [0.25, 0.3) is 0 Å². The van der Waals surface area contributed by atoms with Gasteiger partial charge in [-0.1, -0.05) is 11.1 Å². The van der Waals surface area contributed by atoms with Gasteiger partial charge in [0.05, 0.1) is 26.2 Å². The highest BCUT2D eigenvalue weighted by molar-refractivity contribution is 5.76. The van der Waals surface area contributed by atoms with E-state index in [0.717, 1.165) is 19.3 Å². The molecule has 0 aromatic carbocycles. The van der Waals surface area contributed by atoms with Crippen LogP contribution in [-0.2, 0) is 19.0 Å². The van der Waals surface area contributed by atoms with Gasteiger partial charge in [-0.05, 0) is 25.7 Å². The number of methoxy groups -OCH3 is 1. The minimum absolute atomic E-state index is 0.137. The summed E-state index contributed by atoms with van der Waals surface area (Å²) in [6.07, 6.45) is 5.97. The first kappa shape index (κ1) is 12.2. The Morgan fingerprint density at radius 3 is 2.72 bits per heavy atom. The average molecular weight is 252 g/mol. The number of carbonyl (C=O) groups excluding carboxylic acids is 1. The van der Waals surface area contributed by atoms with Crippen molar-refractivity contribution in [2.45, 2.75) is 44.3 Å². The van der Waals surface area contributed by atoms with Crippen molar-refractivity contribution >= 4 is 5.97 Å². The summed E-state index contributed by atoms with van der Waals surface area (Å²) in [5, 5.41) is 0. The van der Waals surface area contributed by atoms with Gasteiger partial charge in [-0.3, -0.25) is 4.79 Å². The van der Waals surface area contributed by atoms with E-state index in [9.17, 15) is 4.79 Å². The van der Waals surface area contributed by atoms with E-state index in [4.69, 9.17) is 14.2 Å². The Labute approximate surface area is 107 Å². The van der Waals surface area contributed by atoms with Gasteiger partial charge in [-0.25, -0.2) is 0 Å². The third kappa shape index (κ3) is 1.97. The Kier molecular flexibility index (Phi) is 3.16. The van der Waals surface area contributed by atoms with Gasteiger partial charge in [-0.15, -0.1) is 0 Å². The molecule has 1 spiro atoms. The molecule has 0 radical (unpaired) electrons. The van der Waals surface area contributed by atoms with E-state index in [1.165, 1.54) is 31.1 Å². The summed E-state index contributed by atoms with van der Waals surface area (Å²) in [4.78, 5) is 12.0. The van der Waals surface area contributed by atoms with Gasteiger partial charge in [0, 0.05) is 12.8 Å². The van der Waals surface area contributed by atoms with Gasteiger partial charge in [0.2, 0.25) is 0 Å². The van der Waals surface area contributed by atoms with Gasteiger partial charge in [-0.2, -0.15) is 0 Å². The molecule has 4 heteroatoms. The van der Waals surface area contributed by atoms with Crippen molar-refractivity contribution in [3.63, 3.8) is 0 Å². The second-order valence-electron chi connectivity index (χ2n) is 5.40. The lowest BCUT2D eigenvalue weighted by Crippen LogP contribution is -2.41. The normalized spacial score (nSPS) is 30.4. The molecule has 18 heavy (non-hydrogen) atoms. The molecule has 0 amide bonds. The Hall–Kier alpha value is -0.870. The monoisotopic (exact) mass is 252 g/mol. The molecule has 0 N–H and O–H groups in total. The fraction of sp³-hybridized carbons (Fsp3) is 0.786. The quantitative estimate of drug-likeness (QED) is 0.530. The lowest BCUT2D eigenvalue weighted by atomic mass is 9.73. The Morgan fingerprint density at radius 1 is 1.28 bits per heavy atom. The van der Waals surface area contributed by atoms with E-state index in [1.54, 1.807) is 0 Å². The summed E-state index contributed by atoms with van der Waals surface area (Å²) >= 11 is 0. The molecule has 0 saturated carbocycles.